The van der Waals surface area contributed by atoms with Gasteiger partial charge in [-0.15, -0.1) is 23.2 Å². The zero-order chi connectivity index (χ0) is 25.5. The van der Waals surface area contributed by atoms with E-state index in [1.165, 1.54) is 12.1 Å². The molecule has 0 radical (unpaired) electrons. The van der Waals surface area contributed by atoms with E-state index < -0.39 is 39.2 Å². The molecule has 0 bridgehead atoms. The van der Waals surface area contributed by atoms with Gasteiger partial charge in [0.25, 0.3) is 5.91 Å². The second-order valence-corrected chi connectivity index (χ2v) is 12.1. The first kappa shape index (κ1) is 26.4. The molecule has 182 valence electrons. The molecular weight excluding hydrogens is 574 g/mol. The highest BCUT2D eigenvalue weighted by Gasteiger charge is 2.67. The summed E-state index contributed by atoms with van der Waals surface area (Å²) < 4.78 is 10.2. The van der Waals surface area contributed by atoms with Crippen LogP contribution in [0.15, 0.2) is 65.6 Å². The number of benzene rings is 3. The monoisotopic (exact) mass is 588 g/mol. The van der Waals surface area contributed by atoms with Crippen molar-refractivity contribution in [3.05, 3.63) is 86.9 Å². The molecule has 11 heteroatoms. The van der Waals surface area contributed by atoms with Gasteiger partial charge in [0.1, 0.15) is 10.6 Å². The average molecular weight is 591 g/mol. The largest absolute Gasteiger partial charge is 0.612 e. The third kappa shape index (κ3) is 5.86. The van der Waals surface area contributed by atoms with Crippen LogP contribution in [0.2, 0.25) is 15.1 Å². The number of carbonyl (C=O) groups is 2. The first-order chi connectivity index (χ1) is 16.5. The van der Waals surface area contributed by atoms with E-state index >= 15 is 0 Å². The maximum absolute atomic E-state index is 13.0. The Bertz CT molecular complexity index is 1280. The molecule has 5 nitrogen and oxygen atoms in total. The van der Waals surface area contributed by atoms with Crippen molar-refractivity contribution >= 4 is 92.4 Å². The van der Waals surface area contributed by atoms with Crippen LogP contribution in [0.5, 0.6) is 0 Å². The lowest BCUT2D eigenvalue weighted by molar-refractivity contribution is -0.117. The topological polar surface area (TPSA) is 81.3 Å². The summed E-state index contributed by atoms with van der Waals surface area (Å²) in [5.74, 6) is -2.15. The minimum absolute atomic E-state index is 0.157. The van der Waals surface area contributed by atoms with E-state index in [1.807, 2.05) is 0 Å². The van der Waals surface area contributed by atoms with Crippen LogP contribution < -0.4 is 10.6 Å². The predicted octanol–water partition coefficient (Wildman–Crippen LogP) is 7.16. The molecule has 1 saturated carbocycles. The molecule has 1 aliphatic rings. The third-order valence-electron chi connectivity index (χ3n) is 5.50. The minimum atomic E-state index is -1.33. The Morgan fingerprint density at radius 2 is 1.49 bits per heavy atom. The van der Waals surface area contributed by atoms with E-state index in [0.717, 1.165) is 0 Å². The lowest BCUT2D eigenvalue weighted by atomic mass is 10.1. The first-order valence-electron chi connectivity index (χ1n) is 10.2. The SMILES string of the molecule is C[S+]([O-])c1ccc(NC(=O)c2cc(NC(=O)C3[C@@H](c4cc(Cl)cc(Cl)c4)C3(Cl)Cl)ccc2Cl)cc1. The summed E-state index contributed by atoms with van der Waals surface area (Å²) in [5, 5.41) is 6.50. The van der Waals surface area contributed by atoms with Crippen LogP contribution in [0.3, 0.4) is 0 Å². The molecule has 35 heavy (non-hydrogen) atoms. The Morgan fingerprint density at radius 3 is 2.09 bits per heavy atom. The van der Waals surface area contributed by atoms with Crippen LogP contribution in [0.1, 0.15) is 21.8 Å². The zero-order valence-corrected chi connectivity index (χ0v) is 22.5. The molecular formula is C24H17Cl5N2O3S. The number of hydrogen-bond acceptors (Lipinski definition) is 3. The normalized spacial score (nSPS) is 19.1. The number of carbonyl (C=O) groups excluding carboxylic acids is 2. The number of nitrogens with one attached hydrogen (secondary N) is 2. The Labute approximate surface area is 230 Å². The molecule has 0 heterocycles. The molecule has 3 aromatic carbocycles. The summed E-state index contributed by atoms with van der Waals surface area (Å²) in [6.07, 6.45) is 1.57. The Balaban J connectivity index is 1.48. The molecule has 0 aliphatic heterocycles. The van der Waals surface area contributed by atoms with Gasteiger partial charge in [-0.3, -0.25) is 9.59 Å². The van der Waals surface area contributed by atoms with E-state index in [1.54, 1.807) is 54.8 Å². The number of hydrogen-bond donors (Lipinski definition) is 2. The van der Waals surface area contributed by atoms with Crippen LogP contribution in [0, 0.1) is 5.92 Å². The van der Waals surface area contributed by atoms with Crippen molar-refractivity contribution in [1.82, 2.24) is 0 Å². The molecule has 1 fully saturated rings. The van der Waals surface area contributed by atoms with Crippen molar-refractivity contribution in [2.24, 2.45) is 5.92 Å². The summed E-state index contributed by atoms with van der Waals surface area (Å²) in [4.78, 5) is 26.4. The lowest BCUT2D eigenvalue weighted by Gasteiger charge is -2.11. The average Bonchev–Trinajstić information content (AvgIpc) is 3.36. The van der Waals surface area contributed by atoms with Gasteiger partial charge >= 0.3 is 0 Å². The van der Waals surface area contributed by atoms with E-state index in [2.05, 4.69) is 10.6 Å². The highest BCUT2D eigenvalue weighted by atomic mass is 35.5. The second-order valence-electron chi connectivity index (χ2n) is 7.95. The highest BCUT2D eigenvalue weighted by Crippen LogP contribution is 2.65. The van der Waals surface area contributed by atoms with Gasteiger partial charge < -0.3 is 15.2 Å². The molecule has 2 unspecified atom stereocenters. The number of amides is 2. The molecule has 1 aliphatic carbocycles. The molecule has 2 amide bonds. The molecule has 0 saturated heterocycles. The predicted molar refractivity (Wildman–Crippen MR) is 144 cm³/mol. The number of anilines is 2. The number of halogens is 5. The minimum Gasteiger partial charge on any atom is -0.612 e. The van der Waals surface area contributed by atoms with Crippen LogP contribution in [0.4, 0.5) is 11.4 Å². The Kier molecular flexibility index (Phi) is 7.84. The van der Waals surface area contributed by atoms with Crippen LogP contribution in [0.25, 0.3) is 0 Å². The van der Waals surface area contributed by atoms with E-state index in [-0.39, 0.29) is 10.6 Å². The van der Waals surface area contributed by atoms with Gasteiger partial charge in [-0.1, -0.05) is 34.8 Å². The Hall–Kier alpha value is -1.64. The summed E-state index contributed by atoms with van der Waals surface area (Å²) in [7, 11) is 0. The maximum atomic E-state index is 13.0. The number of rotatable bonds is 6. The van der Waals surface area contributed by atoms with E-state index in [0.29, 0.717) is 31.9 Å². The molecule has 0 spiro atoms. The maximum Gasteiger partial charge on any atom is 0.257 e. The fourth-order valence-corrected chi connectivity index (χ4v) is 5.84. The molecule has 2 N–H and O–H groups in total. The smallest absolute Gasteiger partial charge is 0.257 e. The van der Waals surface area contributed by atoms with Crippen LogP contribution >= 0.6 is 58.0 Å². The van der Waals surface area contributed by atoms with Crippen molar-refractivity contribution in [3.63, 3.8) is 0 Å². The van der Waals surface area contributed by atoms with Crippen molar-refractivity contribution in [2.75, 3.05) is 16.9 Å². The van der Waals surface area contributed by atoms with E-state index in [4.69, 9.17) is 58.0 Å². The van der Waals surface area contributed by atoms with Gasteiger partial charge in [-0.05, 0) is 77.4 Å². The fraction of sp³-hybridized carbons (Fsp3) is 0.167. The summed E-state index contributed by atoms with van der Waals surface area (Å²) >= 11 is 30.1. The van der Waals surface area contributed by atoms with Gasteiger partial charge in [-0.2, -0.15) is 0 Å². The highest BCUT2D eigenvalue weighted by molar-refractivity contribution is 7.90. The zero-order valence-electron chi connectivity index (χ0n) is 18.0. The molecule has 3 atom stereocenters. The fourth-order valence-electron chi connectivity index (χ4n) is 3.75. The van der Waals surface area contributed by atoms with Crippen LogP contribution in [-0.2, 0) is 16.0 Å². The Morgan fingerprint density at radius 1 is 0.886 bits per heavy atom. The summed E-state index contributed by atoms with van der Waals surface area (Å²) in [6.45, 7) is 0. The van der Waals surface area contributed by atoms with Gasteiger partial charge in [0.05, 0.1) is 16.5 Å². The summed E-state index contributed by atoms with van der Waals surface area (Å²) in [5.41, 5.74) is 1.66. The summed E-state index contributed by atoms with van der Waals surface area (Å²) in [6, 6.07) is 16.1. The molecule has 0 aromatic heterocycles. The van der Waals surface area contributed by atoms with Gasteiger partial charge in [0, 0.05) is 27.3 Å². The first-order valence-corrected chi connectivity index (χ1v) is 13.6. The number of alkyl halides is 2. The quantitative estimate of drug-likeness (QED) is 0.236. The second kappa shape index (κ2) is 10.4. The molecule has 4 rings (SSSR count). The van der Waals surface area contributed by atoms with Crippen molar-refractivity contribution in [2.45, 2.75) is 15.1 Å². The van der Waals surface area contributed by atoms with Crippen molar-refractivity contribution < 1.29 is 14.1 Å². The van der Waals surface area contributed by atoms with Gasteiger partial charge in [-0.25, -0.2) is 0 Å². The van der Waals surface area contributed by atoms with Crippen LogP contribution in [-0.4, -0.2) is 27.0 Å². The lowest BCUT2D eigenvalue weighted by Crippen LogP contribution is -2.18. The van der Waals surface area contributed by atoms with E-state index in [9.17, 15) is 14.1 Å². The third-order valence-corrected chi connectivity index (χ3v) is 8.15. The van der Waals surface area contributed by atoms with Crippen molar-refractivity contribution in [3.8, 4) is 0 Å². The molecule has 3 aromatic rings. The van der Waals surface area contributed by atoms with Gasteiger partial charge in [0.2, 0.25) is 5.91 Å². The van der Waals surface area contributed by atoms with Crippen molar-refractivity contribution in [1.29, 1.82) is 0 Å². The standard InChI is InChI=1S/C24H17Cl5N2O3S/c1-35(34)17-5-2-15(3-6-17)30-22(32)18-11-16(4-7-19(18)27)31-23(33)21-20(24(21,28)29)12-8-13(25)10-14(26)9-12/h2-11,20-21H,1H3,(H,30,32)(H,31,33)/t20-,21?,35?/m1/s1. The van der Waals surface area contributed by atoms with Gasteiger partial charge in [0.15, 0.2) is 4.90 Å².